The average molecular weight is 378 g/mol. The lowest BCUT2D eigenvalue weighted by Gasteiger charge is -2.27. The molecule has 0 N–H and O–H groups in total. The standard InChI is InChI=1S/C21H18N2O5/c1-13-11-15(28-22-13)12-27-18(24)9-4-10-23-20(25)16-7-2-5-14-6-3-8-17(19(14)16)21(23)26/h2-3,5-8,11H,4,9-10,12H2,1H3. The minimum absolute atomic E-state index is 0.0105. The summed E-state index contributed by atoms with van der Waals surface area (Å²) < 4.78 is 10.1. The van der Waals surface area contributed by atoms with E-state index in [0.717, 1.165) is 5.39 Å². The van der Waals surface area contributed by atoms with Gasteiger partial charge in [0, 0.05) is 35.5 Å². The number of nitrogens with zero attached hydrogens (tertiary/aromatic N) is 2. The Morgan fingerprint density at radius 1 is 1.11 bits per heavy atom. The summed E-state index contributed by atoms with van der Waals surface area (Å²) >= 11 is 0. The van der Waals surface area contributed by atoms with Crippen LogP contribution in [0.2, 0.25) is 0 Å². The van der Waals surface area contributed by atoms with Gasteiger partial charge in [0.05, 0.1) is 5.69 Å². The van der Waals surface area contributed by atoms with Crippen LogP contribution < -0.4 is 0 Å². The van der Waals surface area contributed by atoms with Gasteiger partial charge in [-0.25, -0.2) is 0 Å². The van der Waals surface area contributed by atoms with Gasteiger partial charge in [-0.1, -0.05) is 29.4 Å². The van der Waals surface area contributed by atoms with E-state index in [1.807, 2.05) is 12.1 Å². The fraction of sp³-hybridized carbons (Fsp3) is 0.238. The molecule has 0 radical (unpaired) electrons. The van der Waals surface area contributed by atoms with Gasteiger partial charge >= 0.3 is 5.97 Å². The molecule has 0 bridgehead atoms. The van der Waals surface area contributed by atoms with Gasteiger partial charge in [-0.15, -0.1) is 0 Å². The van der Waals surface area contributed by atoms with Gasteiger partial charge in [0.15, 0.2) is 12.4 Å². The van der Waals surface area contributed by atoms with Crippen LogP contribution in [-0.2, 0) is 16.1 Å². The maximum Gasteiger partial charge on any atom is 0.306 e. The number of benzene rings is 2. The second kappa shape index (κ2) is 7.26. The number of esters is 1. The number of carbonyl (C=O) groups is 3. The number of hydrogen-bond donors (Lipinski definition) is 0. The van der Waals surface area contributed by atoms with E-state index in [4.69, 9.17) is 9.26 Å². The van der Waals surface area contributed by atoms with Crippen molar-refractivity contribution in [1.82, 2.24) is 10.1 Å². The van der Waals surface area contributed by atoms with Crippen molar-refractivity contribution in [3.63, 3.8) is 0 Å². The number of hydrogen-bond acceptors (Lipinski definition) is 6. The first-order valence-electron chi connectivity index (χ1n) is 9.00. The molecule has 0 atom stereocenters. The van der Waals surface area contributed by atoms with E-state index in [-0.39, 0.29) is 31.4 Å². The molecular weight excluding hydrogens is 360 g/mol. The number of imide groups is 1. The van der Waals surface area contributed by atoms with Crippen LogP contribution in [0.4, 0.5) is 0 Å². The summed E-state index contributed by atoms with van der Waals surface area (Å²) in [6.45, 7) is 1.94. The molecule has 2 heterocycles. The number of aryl methyl sites for hydroxylation is 1. The summed E-state index contributed by atoms with van der Waals surface area (Å²) in [7, 11) is 0. The third-order valence-electron chi connectivity index (χ3n) is 4.67. The molecule has 142 valence electrons. The third kappa shape index (κ3) is 3.26. The van der Waals surface area contributed by atoms with E-state index in [1.54, 1.807) is 37.3 Å². The van der Waals surface area contributed by atoms with Crippen molar-refractivity contribution < 1.29 is 23.6 Å². The van der Waals surface area contributed by atoms with Crippen molar-refractivity contribution in [2.45, 2.75) is 26.4 Å². The molecule has 1 aromatic heterocycles. The molecular formula is C21H18N2O5. The van der Waals surface area contributed by atoms with Crippen molar-refractivity contribution in [2.75, 3.05) is 6.54 Å². The first-order valence-corrected chi connectivity index (χ1v) is 9.00. The first kappa shape index (κ1) is 17.9. The third-order valence-corrected chi connectivity index (χ3v) is 4.67. The van der Waals surface area contributed by atoms with Gasteiger partial charge in [0.2, 0.25) is 0 Å². The summed E-state index contributed by atoms with van der Waals surface area (Å²) in [6.07, 6.45) is 0.417. The molecule has 7 nitrogen and oxygen atoms in total. The Labute approximate surface area is 160 Å². The summed E-state index contributed by atoms with van der Waals surface area (Å²) in [6, 6.07) is 12.5. The van der Waals surface area contributed by atoms with Crippen LogP contribution in [0.1, 0.15) is 45.0 Å². The van der Waals surface area contributed by atoms with Crippen LogP contribution in [0.3, 0.4) is 0 Å². The highest BCUT2D eigenvalue weighted by Crippen LogP contribution is 2.30. The van der Waals surface area contributed by atoms with Crippen LogP contribution in [0.25, 0.3) is 10.8 Å². The second-order valence-corrected chi connectivity index (χ2v) is 6.67. The molecule has 2 amide bonds. The highest BCUT2D eigenvalue weighted by molar-refractivity contribution is 6.25. The molecule has 0 aliphatic carbocycles. The Morgan fingerprint density at radius 3 is 2.39 bits per heavy atom. The van der Waals surface area contributed by atoms with Crippen molar-refractivity contribution >= 4 is 28.6 Å². The van der Waals surface area contributed by atoms with E-state index >= 15 is 0 Å². The molecule has 0 spiro atoms. The monoisotopic (exact) mass is 378 g/mol. The Kier molecular flexibility index (Phi) is 4.65. The summed E-state index contributed by atoms with van der Waals surface area (Å²) in [4.78, 5) is 38.6. The van der Waals surface area contributed by atoms with Crippen LogP contribution in [-0.4, -0.2) is 34.4 Å². The quantitative estimate of drug-likeness (QED) is 0.483. The maximum atomic E-state index is 12.8. The minimum Gasteiger partial charge on any atom is -0.457 e. The average Bonchev–Trinajstić information content (AvgIpc) is 3.12. The second-order valence-electron chi connectivity index (χ2n) is 6.67. The maximum absolute atomic E-state index is 12.8. The van der Waals surface area contributed by atoms with Crippen molar-refractivity contribution in [2.24, 2.45) is 0 Å². The van der Waals surface area contributed by atoms with E-state index in [9.17, 15) is 14.4 Å². The number of aromatic nitrogens is 1. The van der Waals surface area contributed by atoms with Crippen LogP contribution >= 0.6 is 0 Å². The van der Waals surface area contributed by atoms with Crippen molar-refractivity contribution in [3.05, 3.63) is 65.0 Å². The molecule has 4 rings (SSSR count). The molecule has 0 saturated heterocycles. The Hall–Kier alpha value is -3.48. The molecule has 0 fully saturated rings. The lowest BCUT2D eigenvalue weighted by molar-refractivity contribution is -0.145. The van der Waals surface area contributed by atoms with E-state index in [0.29, 0.717) is 34.4 Å². The zero-order valence-electron chi connectivity index (χ0n) is 15.3. The first-order chi connectivity index (χ1) is 13.5. The topological polar surface area (TPSA) is 89.7 Å². The number of rotatable bonds is 6. The summed E-state index contributed by atoms with van der Waals surface area (Å²) in [5, 5.41) is 5.28. The van der Waals surface area contributed by atoms with Gasteiger partial charge in [0.1, 0.15) is 0 Å². The SMILES string of the molecule is Cc1cc(COC(=O)CCCN2C(=O)c3cccc4cccc(c34)C2=O)on1. The molecule has 7 heteroatoms. The summed E-state index contributed by atoms with van der Waals surface area (Å²) in [5.41, 5.74) is 1.73. The predicted octanol–water partition coefficient (Wildman–Crippen LogP) is 3.26. The van der Waals surface area contributed by atoms with Gasteiger partial charge in [-0.2, -0.15) is 0 Å². The van der Waals surface area contributed by atoms with E-state index in [2.05, 4.69) is 5.16 Å². The van der Waals surface area contributed by atoms with Gasteiger partial charge in [-0.05, 0) is 30.9 Å². The smallest absolute Gasteiger partial charge is 0.306 e. The molecule has 0 saturated carbocycles. The largest absolute Gasteiger partial charge is 0.457 e. The Balaban J connectivity index is 1.38. The molecule has 3 aromatic rings. The fourth-order valence-corrected chi connectivity index (χ4v) is 3.37. The van der Waals surface area contributed by atoms with Gasteiger partial charge in [-0.3, -0.25) is 19.3 Å². The molecule has 1 aliphatic heterocycles. The lowest BCUT2D eigenvalue weighted by atomic mass is 9.94. The van der Waals surface area contributed by atoms with Crippen molar-refractivity contribution in [1.29, 1.82) is 0 Å². The Morgan fingerprint density at radius 2 is 1.79 bits per heavy atom. The number of ether oxygens (including phenoxy) is 1. The van der Waals surface area contributed by atoms with Gasteiger partial charge < -0.3 is 9.26 Å². The van der Waals surface area contributed by atoms with E-state index < -0.39 is 5.97 Å². The zero-order valence-corrected chi connectivity index (χ0v) is 15.3. The van der Waals surface area contributed by atoms with Crippen LogP contribution in [0.15, 0.2) is 47.0 Å². The van der Waals surface area contributed by atoms with Crippen molar-refractivity contribution in [3.8, 4) is 0 Å². The number of carbonyl (C=O) groups excluding carboxylic acids is 3. The predicted molar refractivity (Wildman–Crippen MR) is 99.6 cm³/mol. The van der Waals surface area contributed by atoms with Crippen LogP contribution in [0.5, 0.6) is 0 Å². The van der Waals surface area contributed by atoms with Gasteiger partial charge in [0.25, 0.3) is 11.8 Å². The van der Waals surface area contributed by atoms with Crippen LogP contribution in [0, 0.1) is 6.92 Å². The molecule has 28 heavy (non-hydrogen) atoms. The normalized spacial score (nSPS) is 13.2. The summed E-state index contributed by atoms with van der Waals surface area (Å²) in [5.74, 6) is -0.620. The highest BCUT2D eigenvalue weighted by atomic mass is 16.5. The Bertz CT molecular complexity index is 1030. The fourth-order valence-electron chi connectivity index (χ4n) is 3.37. The minimum atomic E-state index is -0.423. The molecule has 0 unspecified atom stereocenters. The van der Waals surface area contributed by atoms with E-state index in [1.165, 1.54) is 4.90 Å². The highest BCUT2D eigenvalue weighted by Gasteiger charge is 2.32. The zero-order chi connectivity index (χ0) is 19.7. The lowest BCUT2D eigenvalue weighted by Crippen LogP contribution is -2.41. The molecule has 1 aliphatic rings. The molecule has 2 aromatic carbocycles. The number of amides is 2.